The summed E-state index contributed by atoms with van der Waals surface area (Å²) in [7, 11) is 0. The maximum atomic E-state index is 5.93. The molecular weight excluding hydrogens is 314 g/mol. The zero-order chi connectivity index (χ0) is 13.9. The Balaban J connectivity index is 2.26. The van der Waals surface area contributed by atoms with Gasteiger partial charge in [0.15, 0.2) is 0 Å². The van der Waals surface area contributed by atoms with E-state index in [-0.39, 0.29) is 0 Å². The highest BCUT2D eigenvalue weighted by atomic mass is 79.9. The Morgan fingerprint density at radius 3 is 2.40 bits per heavy atom. The molecule has 0 bridgehead atoms. The van der Waals surface area contributed by atoms with Gasteiger partial charge in [-0.1, -0.05) is 36.4 Å². The van der Waals surface area contributed by atoms with Crippen molar-refractivity contribution in [3.63, 3.8) is 0 Å². The maximum absolute atomic E-state index is 5.93. The second-order valence-corrected chi connectivity index (χ2v) is 5.21. The molecule has 0 aliphatic heterocycles. The monoisotopic (exact) mass is 325 g/mol. The van der Waals surface area contributed by atoms with Crippen molar-refractivity contribution in [2.75, 3.05) is 5.73 Å². The van der Waals surface area contributed by atoms with E-state index in [1.54, 1.807) is 6.20 Å². The summed E-state index contributed by atoms with van der Waals surface area (Å²) >= 11 is 3.44. The molecule has 3 nitrogen and oxygen atoms in total. The lowest BCUT2D eigenvalue weighted by molar-refractivity contribution is 1.29. The van der Waals surface area contributed by atoms with Crippen LogP contribution in [0.15, 0.2) is 65.4 Å². The highest BCUT2D eigenvalue weighted by Gasteiger charge is 2.12. The van der Waals surface area contributed by atoms with Crippen LogP contribution in [-0.4, -0.2) is 9.97 Å². The minimum Gasteiger partial charge on any atom is -0.383 e. The van der Waals surface area contributed by atoms with Gasteiger partial charge in [-0.25, -0.2) is 4.98 Å². The van der Waals surface area contributed by atoms with Gasteiger partial charge in [-0.2, -0.15) is 0 Å². The summed E-state index contributed by atoms with van der Waals surface area (Å²) in [6.45, 7) is 0. The van der Waals surface area contributed by atoms with Gasteiger partial charge in [-0.15, -0.1) is 0 Å². The molecule has 0 unspecified atom stereocenters. The van der Waals surface area contributed by atoms with Gasteiger partial charge >= 0.3 is 0 Å². The Kier molecular flexibility index (Phi) is 3.48. The molecule has 3 aromatic rings. The fourth-order valence-corrected chi connectivity index (χ4v) is 2.38. The predicted octanol–water partition coefficient (Wildman–Crippen LogP) is 4.16. The first kappa shape index (κ1) is 12.8. The average molecular weight is 326 g/mol. The van der Waals surface area contributed by atoms with E-state index in [1.165, 1.54) is 0 Å². The van der Waals surface area contributed by atoms with Crippen LogP contribution in [0.3, 0.4) is 0 Å². The molecule has 2 N–H and O–H groups in total. The van der Waals surface area contributed by atoms with E-state index >= 15 is 0 Å². The largest absolute Gasteiger partial charge is 0.383 e. The maximum Gasteiger partial charge on any atom is 0.138 e. The fourth-order valence-electron chi connectivity index (χ4n) is 2.06. The number of nitrogens with zero attached hydrogens (tertiary/aromatic N) is 2. The normalized spacial score (nSPS) is 10.4. The zero-order valence-corrected chi connectivity index (χ0v) is 12.2. The van der Waals surface area contributed by atoms with Crippen molar-refractivity contribution in [1.82, 2.24) is 9.97 Å². The van der Waals surface area contributed by atoms with Crippen LogP contribution in [0.25, 0.3) is 22.4 Å². The van der Waals surface area contributed by atoms with Crippen LogP contribution in [0.5, 0.6) is 0 Å². The van der Waals surface area contributed by atoms with Crippen LogP contribution in [0.2, 0.25) is 0 Å². The third kappa shape index (κ3) is 2.42. The van der Waals surface area contributed by atoms with Gasteiger partial charge in [0.25, 0.3) is 0 Å². The highest BCUT2D eigenvalue weighted by molar-refractivity contribution is 9.10. The summed E-state index contributed by atoms with van der Waals surface area (Å²) in [4.78, 5) is 8.70. The summed E-state index contributed by atoms with van der Waals surface area (Å²) in [6, 6.07) is 15.9. The molecule has 1 aromatic carbocycles. The van der Waals surface area contributed by atoms with Gasteiger partial charge in [-0.05, 0) is 28.1 Å². The molecule has 0 spiro atoms. The van der Waals surface area contributed by atoms with Crippen LogP contribution in [0.1, 0.15) is 0 Å². The van der Waals surface area contributed by atoms with Crippen LogP contribution >= 0.6 is 15.9 Å². The fraction of sp³-hybridized carbons (Fsp3) is 0. The smallest absolute Gasteiger partial charge is 0.138 e. The Hall–Kier alpha value is -2.20. The van der Waals surface area contributed by atoms with Crippen LogP contribution in [-0.2, 0) is 0 Å². The Morgan fingerprint density at radius 1 is 0.950 bits per heavy atom. The van der Waals surface area contributed by atoms with Gasteiger partial charge in [0.1, 0.15) is 5.82 Å². The lowest BCUT2D eigenvalue weighted by Crippen LogP contribution is -1.97. The molecule has 0 radical (unpaired) electrons. The number of aromatic nitrogens is 2. The Bertz CT molecular complexity index is 663. The van der Waals surface area contributed by atoms with E-state index in [0.29, 0.717) is 5.82 Å². The third-order valence-electron chi connectivity index (χ3n) is 3.02. The van der Waals surface area contributed by atoms with Gasteiger partial charge in [0, 0.05) is 29.1 Å². The molecule has 98 valence electrons. The quantitative estimate of drug-likeness (QED) is 0.769. The van der Waals surface area contributed by atoms with Gasteiger partial charge in [0.05, 0.1) is 10.2 Å². The molecule has 0 saturated heterocycles. The summed E-state index contributed by atoms with van der Waals surface area (Å²) in [5.41, 5.74) is 9.84. The van der Waals surface area contributed by atoms with Gasteiger partial charge in [0.2, 0.25) is 0 Å². The van der Waals surface area contributed by atoms with Crippen LogP contribution in [0, 0.1) is 0 Å². The van der Waals surface area contributed by atoms with E-state index < -0.39 is 0 Å². The van der Waals surface area contributed by atoms with Gasteiger partial charge < -0.3 is 5.73 Å². The van der Waals surface area contributed by atoms with Gasteiger partial charge in [-0.3, -0.25) is 4.98 Å². The molecule has 20 heavy (non-hydrogen) atoms. The molecular formula is C16H12BrN3. The summed E-state index contributed by atoms with van der Waals surface area (Å²) in [5.74, 6) is 0.483. The van der Waals surface area contributed by atoms with E-state index in [1.807, 2.05) is 54.7 Å². The lowest BCUT2D eigenvalue weighted by Gasteiger charge is -2.11. The number of benzene rings is 1. The van der Waals surface area contributed by atoms with Crippen LogP contribution < -0.4 is 5.73 Å². The molecule has 3 rings (SSSR count). The van der Waals surface area contributed by atoms with Crippen molar-refractivity contribution in [2.45, 2.75) is 0 Å². The number of rotatable bonds is 2. The Labute approximate surface area is 125 Å². The number of hydrogen-bond donors (Lipinski definition) is 1. The van der Waals surface area contributed by atoms with E-state index in [0.717, 1.165) is 26.9 Å². The highest BCUT2D eigenvalue weighted by Crippen LogP contribution is 2.34. The lowest BCUT2D eigenvalue weighted by atomic mass is 10.0. The molecule has 0 atom stereocenters. The van der Waals surface area contributed by atoms with Crippen molar-refractivity contribution in [1.29, 1.82) is 0 Å². The number of hydrogen-bond acceptors (Lipinski definition) is 3. The first-order chi connectivity index (χ1) is 9.75. The summed E-state index contributed by atoms with van der Waals surface area (Å²) in [6.07, 6.45) is 3.58. The molecule has 0 aliphatic carbocycles. The zero-order valence-electron chi connectivity index (χ0n) is 10.6. The molecule has 0 aliphatic rings. The van der Waals surface area contributed by atoms with E-state index in [4.69, 9.17) is 5.73 Å². The first-order valence-electron chi connectivity index (χ1n) is 6.17. The number of pyridine rings is 2. The summed E-state index contributed by atoms with van der Waals surface area (Å²) < 4.78 is 0.788. The second kappa shape index (κ2) is 5.43. The van der Waals surface area contributed by atoms with E-state index in [9.17, 15) is 0 Å². The minimum atomic E-state index is 0.483. The van der Waals surface area contributed by atoms with Crippen molar-refractivity contribution in [3.05, 3.63) is 65.4 Å². The third-order valence-corrected chi connectivity index (χ3v) is 3.66. The molecule has 0 amide bonds. The summed E-state index contributed by atoms with van der Waals surface area (Å²) in [5, 5.41) is 0. The second-order valence-electron chi connectivity index (χ2n) is 4.36. The van der Waals surface area contributed by atoms with Crippen molar-refractivity contribution in [3.8, 4) is 22.4 Å². The first-order valence-corrected chi connectivity index (χ1v) is 6.97. The molecule has 0 fully saturated rings. The average Bonchev–Trinajstić information content (AvgIpc) is 2.51. The minimum absolute atomic E-state index is 0.483. The molecule has 2 aromatic heterocycles. The number of nitrogens with two attached hydrogens (primary N) is 1. The number of halogens is 1. The standard InChI is InChI=1S/C16H12BrN3/c17-14-9-13(12-7-4-8-19-10-12)15(20-16(14)18)11-5-2-1-3-6-11/h1-10H,(H2,18,20). The number of nitrogen functional groups attached to an aromatic ring is 1. The Morgan fingerprint density at radius 2 is 1.70 bits per heavy atom. The van der Waals surface area contributed by atoms with Crippen LogP contribution in [0.4, 0.5) is 5.82 Å². The van der Waals surface area contributed by atoms with E-state index in [2.05, 4.69) is 25.9 Å². The molecule has 0 saturated carbocycles. The van der Waals surface area contributed by atoms with Crippen molar-refractivity contribution in [2.24, 2.45) is 0 Å². The predicted molar refractivity (Wildman–Crippen MR) is 85.0 cm³/mol. The SMILES string of the molecule is Nc1nc(-c2ccccc2)c(-c2cccnc2)cc1Br. The number of anilines is 1. The molecule has 4 heteroatoms. The molecule has 2 heterocycles. The van der Waals surface area contributed by atoms with Crippen molar-refractivity contribution < 1.29 is 0 Å². The topological polar surface area (TPSA) is 51.8 Å². The van der Waals surface area contributed by atoms with Crippen molar-refractivity contribution >= 4 is 21.7 Å².